The number of imide groups is 1. The third kappa shape index (κ3) is 5.18. The highest BCUT2D eigenvalue weighted by Crippen LogP contribution is 2.25. The summed E-state index contributed by atoms with van der Waals surface area (Å²) in [5.74, 6) is -0.269. The topological polar surface area (TPSA) is 101 Å². The van der Waals surface area contributed by atoms with Crippen molar-refractivity contribution in [3.63, 3.8) is 0 Å². The van der Waals surface area contributed by atoms with Crippen molar-refractivity contribution in [2.24, 2.45) is 0 Å². The monoisotopic (exact) mass is 439 g/mol. The molecule has 1 fully saturated rings. The minimum absolute atomic E-state index is 0.171. The Morgan fingerprint density at radius 2 is 1.87 bits per heavy atom. The van der Waals surface area contributed by atoms with Crippen LogP contribution in [0.4, 0.5) is 14.9 Å². The number of hydrogen-bond donors (Lipinski definition) is 2. The van der Waals surface area contributed by atoms with Crippen molar-refractivity contribution >= 4 is 34.5 Å². The van der Waals surface area contributed by atoms with Gasteiger partial charge in [-0.1, -0.05) is 29.1 Å². The van der Waals surface area contributed by atoms with Crippen LogP contribution < -0.4 is 10.6 Å². The summed E-state index contributed by atoms with van der Waals surface area (Å²) in [5.41, 5.74) is 2.99. The molecule has 158 valence electrons. The first-order valence-electron chi connectivity index (χ1n) is 9.58. The van der Waals surface area contributed by atoms with E-state index >= 15 is 0 Å². The van der Waals surface area contributed by atoms with E-state index in [0.717, 1.165) is 22.9 Å². The molecule has 0 spiro atoms. The second kappa shape index (κ2) is 9.13. The van der Waals surface area contributed by atoms with Gasteiger partial charge < -0.3 is 9.84 Å². The molecule has 3 aromatic rings. The zero-order chi connectivity index (χ0) is 21.8. The van der Waals surface area contributed by atoms with Gasteiger partial charge in [0.05, 0.1) is 11.4 Å². The van der Waals surface area contributed by atoms with Crippen molar-refractivity contribution < 1.29 is 23.3 Å². The molecule has 9 heteroatoms. The molecule has 0 bridgehead atoms. The second-order valence-corrected chi connectivity index (χ2v) is 8.20. The molecule has 1 atom stereocenters. The highest BCUT2D eigenvalue weighted by molar-refractivity contribution is 8.15. The van der Waals surface area contributed by atoms with Gasteiger partial charge in [0.2, 0.25) is 11.8 Å². The molecule has 31 heavy (non-hydrogen) atoms. The molecule has 2 heterocycles. The van der Waals surface area contributed by atoms with Gasteiger partial charge >= 0.3 is 0 Å². The van der Waals surface area contributed by atoms with Gasteiger partial charge in [0.1, 0.15) is 5.82 Å². The Kier molecular flexibility index (Phi) is 6.13. The van der Waals surface area contributed by atoms with Crippen LogP contribution in [0.3, 0.4) is 0 Å². The summed E-state index contributed by atoms with van der Waals surface area (Å²) in [7, 11) is 0. The van der Waals surface area contributed by atoms with E-state index in [9.17, 15) is 18.8 Å². The van der Waals surface area contributed by atoms with Gasteiger partial charge in [-0.05, 0) is 54.8 Å². The lowest BCUT2D eigenvalue weighted by molar-refractivity contribution is -0.119. The molecule has 3 amide bonds. The first-order chi connectivity index (χ1) is 15.0. The molecular weight excluding hydrogens is 421 g/mol. The minimum Gasteiger partial charge on any atom is -0.356 e. The SMILES string of the molecule is O=C(CCc1cnoc1-c1ccc(F)cc1)Nc1ccc(CC2SC(=O)NC2=O)cc1. The van der Waals surface area contributed by atoms with Crippen LogP contribution >= 0.6 is 11.8 Å². The van der Waals surface area contributed by atoms with Crippen molar-refractivity contribution in [3.8, 4) is 11.3 Å². The number of aryl methyl sites for hydroxylation is 1. The molecule has 0 saturated carbocycles. The smallest absolute Gasteiger partial charge is 0.286 e. The van der Waals surface area contributed by atoms with Crippen molar-refractivity contribution in [3.05, 3.63) is 71.7 Å². The lowest BCUT2D eigenvalue weighted by Gasteiger charge is -2.08. The van der Waals surface area contributed by atoms with Crippen molar-refractivity contribution in [2.45, 2.75) is 24.5 Å². The van der Waals surface area contributed by atoms with Crippen LogP contribution in [-0.2, 0) is 22.4 Å². The summed E-state index contributed by atoms with van der Waals surface area (Å²) < 4.78 is 18.4. The number of hydrogen-bond acceptors (Lipinski definition) is 6. The highest BCUT2D eigenvalue weighted by Gasteiger charge is 2.31. The summed E-state index contributed by atoms with van der Waals surface area (Å²) in [5, 5.41) is 8.14. The number of anilines is 1. The normalized spacial score (nSPS) is 15.7. The van der Waals surface area contributed by atoms with Crippen molar-refractivity contribution in [1.29, 1.82) is 0 Å². The number of rotatable bonds is 7. The van der Waals surface area contributed by atoms with E-state index in [1.54, 1.807) is 30.5 Å². The van der Waals surface area contributed by atoms with Gasteiger partial charge in [0.25, 0.3) is 5.24 Å². The number of amides is 3. The number of halogens is 1. The molecule has 0 radical (unpaired) electrons. The second-order valence-electron chi connectivity index (χ2n) is 7.02. The fourth-order valence-electron chi connectivity index (χ4n) is 3.21. The van der Waals surface area contributed by atoms with Gasteiger partial charge in [-0.15, -0.1) is 0 Å². The Morgan fingerprint density at radius 1 is 1.13 bits per heavy atom. The first kappa shape index (κ1) is 20.8. The Balaban J connectivity index is 1.31. The Morgan fingerprint density at radius 3 is 2.55 bits per heavy atom. The largest absolute Gasteiger partial charge is 0.356 e. The van der Waals surface area contributed by atoms with E-state index in [4.69, 9.17) is 4.52 Å². The maximum absolute atomic E-state index is 13.1. The standard InChI is InChI=1S/C22H18FN3O4S/c23-16-6-3-14(4-7-16)20-15(12-24-30-20)5-10-19(27)25-17-8-1-13(2-9-17)11-18-21(28)26-22(29)31-18/h1-4,6-9,12,18H,5,10-11H2,(H,25,27)(H,26,28,29). The van der Waals surface area contributed by atoms with E-state index < -0.39 is 5.25 Å². The molecule has 1 unspecified atom stereocenters. The van der Waals surface area contributed by atoms with Gasteiger partial charge in [0, 0.05) is 23.2 Å². The molecular formula is C22H18FN3O4S. The van der Waals surface area contributed by atoms with Crippen LogP contribution in [0.25, 0.3) is 11.3 Å². The van der Waals surface area contributed by atoms with E-state index in [1.165, 1.54) is 12.1 Å². The van der Waals surface area contributed by atoms with Gasteiger partial charge in [-0.25, -0.2) is 4.39 Å². The van der Waals surface area contributed by atoms with E-state index in [2.05, 4.69) is 15.8 Å². The zero-order valence-corrected chi connectivity index (χ0v) is 17.1. The first-order valence-corrected chi connectivity index (χ1v) is 10.5. The maximum atomic E-state index is 13.1. The number of benzene rings is 2. The minimum atomic E-state index is -0.424. The average Bonchev–Trinajstić information content (AvgIpc) is 3.34. The lowest BCUT2D eigenvalue weighted by atomic mass is 10.1. The van der Waals surface area contributed by atoms with Crippen molar-refractivity contribution in [2.75, 3.05) is 5.32 Å². The molecule has 0 aliphatic carbocycles. The molecule has 4 rings (SSSR count). The molecule has 1 aliphatic rings. The molecule has 1 aliphatic heterocycles. The van der Waals surface area contributed by atoms with Crippen LogP contribution in [0.1, 0.15) is 17.5 Å². The van der Waals surface area contributed by atoms with Crippen LogP contribution in [0.5, 0.6) is 0 Å². The van der Waals surface area contributed by atoms with Gasteiger partial charge in [-0.2, -0.15) is 0 Å². The zero-order valence-electron chi connectivity index (χ0n) is 16.3. The fraction of sp³-hybridized carbons (Fsp3) is 0.182. The Hall–Kier alpha value is -3.46. The summed E-state index contributed by atoms with van der Waals surface area (Å²) >= 11 is 0.988. The quantitative estimate of drug-likeness (QED) is 0.578. The van der Waals surface area contributed by atoms with E-state index in [-0.39, 0.29) is 29.3 Å². The number of nitrogens with zero attached hydrogens (tertiary/aromatic N) is 1. The number of nitrogens with one attached hydrogen (secondary N) is 2. The average molecular weight is 439 g/mol. The van der Waals surface area contributed by atoms with Crippen LogP contribution in [0, 0.1) is 5.82 Å². The van der Waals surface area contributed by atoms with E-state index in [0.29, 0.717) is 29.9 Å². The van der Waals surface area contributed by atoms with Crippen molar-refractivity contribution in [1.82, 2.24) is 10.5 Å². The summed E-state index contributed by atoms with van der Waals surface area (Å²) in [6.45, 7) is 0. The predicted molar refractivity (Wildman–Crippen MR) is 114 cm³/mol. The van der Waals surface area contributed by atoms with Crippen LogP contribution in [0.15, 0.2) is 59.3 Å². The molecule has 1 aromatic heterocycles. The summed E-state index contributed by atoms with van der Waals surface area (Å²) in [6.07, 6.45) is 2.64. The number of thioether (sulfide) groups is 1. The number of carbonyl (C=O) groups excluding carboxylic acids is 3. The summed E-state index contributed by atoms with van der Waals surface area (Å²) in [4.78, 5) is 35.3. The Labute approximate surface area is 181 Å². The number of carbonyl (C=O) groups is 3. The fourth-order valence-corrected chi connectivity index (χ4v) is 4.07. The molecule has 2 aromatic carbocycles. The van der Waals surface area contributed by atoms with E-state index in [1.807, 2.05) is 12.1 Å². The maximum Gasteiger partial charge on any atom is 0.286 e. The highest BCUT2D eigenvalue weighted by atomic mass is 32.2. The third-order valence-corrected chi connectivity index (χ3v) is 5.78. The summed E-state index contributed by atoms with van der Waals surface area (Å²) in [6, 6.07) is 13.0. The predicted octanol–water partition coefficient (Wildman–Crippen LogP) is 3.95. The molecule has 1 saturated heterocycles. The van der Waals surface area contributed by atoms with Gasteiger partial charge in [-0.3, -0.25) is 19.7 Å². The van der Waals surface area contributed by atoms with Crippen LogP contribution in [0.2, 0.25) is 0 Å². The Bertz CT molecular complexity index is 1110. The molecule has 7 nitrogen and oxygen atoms in total. The number of aromatic nitrogens is 1. The third-order valence-electron chi connectivity index (χ3n) is 4.80. The lowest BCUT2D eigenvalue weighted by Crippen LogP contribution is -2.25. The molecule has 2 N–H and O–H groups in total. The van der Waals surface area contributed by atoms with Gasteiger partial charge in [0.15, 0.2) is 5.76 Å². The van der Waals surface area contributed by atoms with Crippen LogP contribution in [-0.4, -0.2) is 27.5 Å².